The summed E-state index contributed by atoms with van der Waals surface area (Å²) in [6.07, 6.45) is 3.26. The number of imidazole rings is 1. The molecule has 0 amide bonds. The molecule has 0 aliphatic carbocycles. The molecule has 2 rings (SSSR count). The summed E-state index contributed by atoms with van der Waals surface area (Å²) in [5.41, 5.74) is -0.0649. The number of hydrogen-bond donors (Lipinski definition) is 2. The van der Waals surface area contributed by atoms with E-state index in [4.69, 9.17) is 5.11 Å². The minimum atomic E-state index is -3.78. The predicted octanol–water partition coefficient (Wildman–Crippen LogP) is 0.530. The highest BCUT2D eigenvalue weighted by Crippen LogP contribution is 2.15. The molecule has 2 N–H and O–H groups in total. The lowest BCUT2D eigenvalue weighted by Gasteiger charge is -2.08. The zero-order valence-corrected chi connectivity index (χ0v) is 11.6. The number of rotatable bonds is 5. The first-order valence-corrected chi connectivity index (χ1v) is 7.27. The van der Waals surface area contributed by atoms with Gasteiger partial charge in [-0.2, -0.15) is 0 Å². The van der Waals surface area contributed by atoms with Gasteiger partial charge in [0.15, 0.2) is 0 Å². The Morgan fingerprint density at radius 2 is 2.20 bits per heavy atom. The molecule has 1 heterocycles. The van der Waals surface area contributed by atoms with E-state index in [0.29, 0.717) is 5.82 Å². The highest BCUT2D eigenvalue weighted by molar-refractivity contribution is 7.89. The van der Waals surface area contributed by atoms with E-state index in [-0.39, 0.29) is 17.0 Å². The van der Waals surface area contributed by atoms with Crippen molar-refractivity contribution in [3.63, 3.8) is 0 Å². The van der Waals surface area contributed by atoms with Gasteiger partial charge in [0.25, 0.3) is 0 Å². The fourth-order valence-electron chi connectivity index (χ4n) is 1.65. The SMILES string of the molecule is Cn1ccnc1CNS(=O)(=O)c1ccc(F)c(CO)c1. The first kappa shape index (κ1) is 14.6. The van der Waals surface area contributed by atoms with Crippen LogP contribution in [0.1, 0.15) is 11.4 Å². The highest BCUT2D eigenvalue weighted by atomic mass is 32.2. The van der Waals surface area contributed by atoms with E-state index in [1.807, 2.05) is 0 Å². The van der Waals surface area contributed by atoms with Crippen LogP contribution in [-0.4, -0.2) is 23.1 Å². The Hall–Kier alpha value is -1.77. The molecule has 0 atom stereocenters. The number of nitrogens with one attached hydrogen (secondary N) is 1. The van der Waals surface area contributed by atoms with Crippen molar-refractivity contribution in [2.24, 2.45) is 7.05 Å². The lowest BCUT2D eigenvalue weighted by molar-refractivity contribution is 0.275. The van der Waals surface area contributed by atoms with Gasteiger partial charge < -0.3 is 9.67 Å². The zero-order valence-electron chi connectivity index (χ0n) is 10.7. The molecule has 0 aliphatic rings. The molecular weight excluding hydrogens is 285 g/mol. The molecule has 0 saturated carbocycles. The van der Waals surface area contributed by atoms with E-state index >= 15 is 0 Å². The maximum absolute atomic E-state index is 13.2. The molecule has 1 aromatic carbocycles. The van der Waals surface area contributed by atoms with E-state index in [1.165, 1.54) is 0 Å². The van der Waals surface area contributed by atoms with Gasteiger partial charge in [-0.25, -0.2) is 22.5 Å². The largest absolute Gasteiger partial charge is 0.392 e. The number of aliphatic hydroxyl groups excluding tert-OH is 1. The average Bonchev–Trinajstić information content (AvgIpc) is 2.82. The summed E-state index contributed by atoms with van der Waals surface area (Å²) in [5.74, 6) is -0.0892. The van der Waals surface area contributed by atoms with Crippen molar-refractivity contribution < 1.29 is 17.9 Å². The highest BCUT2D eigenvalue weighted by Gasteiger charge is 2.16. The van der Waals surface area contributed by atoms with Crippen LogP contribution in [0, 0.1) is 5.82 Å². The molecule has 0 unspecified atom stereocenters. The van der Waals surface area contributed by atoms with Crippen LogP contribution in [-0.2, 0) is 30.2 Å². The lowest BCUT2D eigenvalue weighted by atomic mass is 10.2. The summed E-state index contributed by atoms with van der Waals surface area (Å²) >= 11 is 0. The topological polar surface area (TPSA) is 84.2 Å². The van der Waals surface area contributed by atoms with E-state index in [0.717, 1.165) is 18.2 Å². The van der Waals surface area contributed by atoms with Crippen molar-refractivity contribution in [1.82, 2.24) is 14.3 Å². The number of nitrogens with zero attached hydrogens (tertiary/aromatic N) is 2. The number of hydrogen-bond acceptors (Lipinski definition) is 4. The Balaban J connectivity index is 2.20. The third-order valence-corrected chi connectivity index (χ3v) is 4.24. The summed E-state index contributed by atoms with van der Waals surface area (Å²) in [6, 6.07) is 3.27. The maximum atomic E-state index is 13.2. The predicted molar refractivity (Wildman–Crippen MR) is 69.6 cm³/mol. The summed E-state index contributed by atoms with van der Waals surface area (Å²) in [5, 5.41) is 8.96. The molecule has 20 heavy (non-hydrogen) atoms. The Bertz CT molecular complexity index is 712. The van der Waals surface area contributed by atoms with Crippen LogP contribution >= 0.6 is 0 Å². The van der Waals surface area contributed by atoms with Crippen molar-refractivity contribution >= 4 is 10.0 Å². The Morgan fingerprint density at radius 3 is 2.80 bits per heavy atom. The fourth-order valence-corrected chi connectivity index (χ4v) is 2.68. The number of aromatic nitrogens is 2. The number of benzene rings is 1. The number of sulfonamides is 1. The minimum absolute atomic E-state index is 0.0255. The van der Waals surface area contributed by atoms with E-state index in [9.17, 15) is 12.8 Å². The number of aryl methyl sites for hydroxylation is 1. The zero-order chi connectivity index (χ0) is 14.8. The number of halogens is 1. The van der Waals surface area contributed by atoms with Crippen LogP contribution in [0.5, 0.6) is 0 Å². The van der Waals surface area contributed by atoms with Crippen molar-refractivity contribution in [2.45, 2.75) is 18.0 Å². The standard InChI is InChI=1S/C12H14FN3O3S/c1-16-5-4-14-12(16)7-15-20(18,19)10-2-3-11(13)9(6-10)8-17/h2-6,15,17H,7-8H2,1H3. The first-order valence-electron chi connectivity index (χ1n) is 5.79. The molecule has 0 radical (unpaired) electrons. The Kier molecular flexibility index (Phi) is 4.17. The summed E-state index contributed by atoms with van der Waals surface area (Å²) in [6.45, 7) is -0.535. The molecule has 0 spiro atoms. The van der Waals surface area contributed by atoms with Gasteiger partial charge in [-0.3, -0.25) is 0 Å². The van der Waals surface area contributed by atoms with Gasteiger partial charge in [0.2, 0.25) is 10.0 Å². The molecule has 6 nitrogen and oxygen atoms in total. The normalized spacial score (nSPS) is 11.8. The molecule has 8 heteroatoms. The van der Waals surface area contributed by atoms with Gasteiger partial charge in [-0.15, -0.1) is 0 Å². The van der Waals surface area contributed by atoms with Crippen molar-refractivity contribution in [3.05, 3.63) is 47.8 Å². The van der Waals surface area contributed by atoms with E-state index in [1.54, 1.807) is 24.0 Å². The third kappa shape index (κ3) is 3.03. The van der Waals surface area contributed by atoms with E-state index in [2.05, 4.69) is 9.71 Å². The van der Waals surface area contributed by atoms with Gasteiger partial charge in [0, 0.05) is 25.0 Å². The second-order valence-electron chi connectivity index (χ2n) is 4.19. The first-order chi connectivity index (χ1) is 9.44. The molecule has 0 fully saturated rings. The van der Waals surface area contributed by atoms with Gasteiger partial charge in [0.1, 0.15) is 11.6 Å². The average molecular weight is 299 g/mol. The summed E-state index contributed by atoms with van der Waals surface area (Å²) < 4.78 is 41.4. The van der Waals surface area contributed by atoms with Gasteiger partial charge in [-0.1, -0.05) is 0 Å². The van der Waals surface area contributed by atoms with Crippen LogP contribution in [0.2, 0.25) is 0 Å². The van der Waals surface area contributed by atoms with Crippen LogP contribution in [0.15, 0.2) is 35.5 Å². The summed E-state index contributed by atoms with van der Waals surface area (Å²) in [7, 11) is -2.04. The lowest BCUT2D eigenvalue weighted by Crippen LogP contribution is -2.25. The molecule has 0 aliphatic heterocycles. The minimum Gasteiger partial charge on any atom is -0.392 e. The van der Waals surface area contributed by atoms with Crippen LogP contribution in [0.25, 0.3) is 0 Å². The Labute approximate surface area is 115 Å². The van der Waals surface area contributed by atoms with Crippen molar-refractivity contribution in [3.8, 4) is 0 Å². The van der Waals surface area contributed by atoms with Crippen molar-refractivity contribution in [2.75, 3.05) is 0 Å². The van der Waals surface area contributed by atoms with Crippen LogP contribution in [0.3, 0.4) is 0 Å². The third-order valence-electron chi connectivity index (χ3n) is 2.84. The number of aliphatic hydroxyl groups is 1. The quantitative estimate of drug-likeness (QED) is 0.843. The molecular formula is C12H14FN3O3S. The monoisotopic (exact) mass is 299 g/mol. The molecule has 2 aromatic rings. The van der Waals surface area contributed by atoms with Gasteiger partial charge >= 0.3 is 0 Å². The van der Waals surface area contributed by atoms with Crippen LogP contribution in [0.4, 0.5) is 4.39 Å². The Morgan fingerprint density at radius 1 is 1.45 bits per heavy atom. The van der Waals surface area contributed by atoms with Gasteiger partial charge in [0.05, 0.1) is 18.0 Å². The second kappa shape index (κ2) is 5.70. The molecule has 108 valence electrons. The summed E-state index contributed by atoms with van der Waals surface area (Å²) in [4.78, 5) is 3.90. The van der Waals surface area contributed by atoms with Crippen molar-refractivity contribution in [1.29, 1.82) is 0 Å². The fraction of sp³-hybridized carbons (Fsp3) is 0.250. The van der Waals surface area contributed by atoms with Crippen LogP contribution < -0.4 is 4.72 Å². The molecule has 1 aromatic heterocycles. The maximum Gasteiger partial charge on any atom is 0.240 e. The smallest absolute Gasteiger partial charge is 0.240 e. The molecule has 0 saturated heterocycles. The molecule has 0 bridgehead atoms. The van der Waals surface area contributed by atoms with Gasteiger partial charge in [-0.05, 0) is 18.2 Å². The second-order valence-corrected chi connectivity index (χ2v) is 5.96. The van der Waals surface area contributed by atoms with E-state index < -0.39 is 22.4 Å².